The van der Waals surface area contributed by atoms with E-state index in [4.69, 9.17) is 0 Å². The molecule has 2 atom stereocenters. The zero-order chi connectivity index (χ0) is 24.7. The van der Waals surface area contributed by atoms with Crippen LogP contribution in [0.2, 0.25) is 0 Å². The SMILES string of the molecule is CCCC(C)(C1=CC(CCC2c3ccccc3-c3ccccc32)c2ccccc21)c1ccccc1C. The first kappa shape index (κ1) is 23.0. The maximum Gasteiger partial charge on any atom is 0.0180 e. The van der Waals surface area contributed by atoms with Crippen LogP contribution in [-0.4, -0.2) is 0 Å². The normalized spacial score (nSPS) is 17.8. The molecule has 2 aliphatic carbocycles. The first-order valence-electron chi connectivity index (χ1n) is 13.7. The number of rotatable bonds is 7. The lowest BCUT2D eigenvalue weighted by Crippen LogP contribution is -2.24. The Labute approximate surface area is 216 Å². The highest BCUT2D eigenvalue weighted by Crippen LogP contribution is 2.52. The van der Waals surface area contributed by atoms with Gasteiger partial charge in [-0.05, 0) is 76.3 Å². The molecular formula is C36H36. The molecule has 4 aromatic rings. The highest BCUT2D eigenvalue weighted by molar-refractivity contribution is 5.82. The molecule has 180 valence electrons. The number of hydrogen-bond donors (Lipinski definition) is 0. The topological polar surface area (TPSA) is 0 Å². The average molecular weight is 469 g/mol. The molecule has 0 nitrogen and oxygen atoms in total. The molecule has 0 radical (unpaired) electrons. The van der Waals surface area contributed by atoms with Crippen molar-refractivity contribution in [3.8, 4) is 11.1 Å². The monoisotopic (exact) mass is 468 g/mol. The summed E-state index contributed by atoms with van der Waals surface area (Å²) < 4.78 is 0. The van der Waals surface area contributed by atoms with Crippen molar-refractivity contribution in [1.29, 1.82) is 0 Å². The molecule has 0 aromatic heterocycles. The van der Waals surface area contributed by atoms with Crippen molar-refractivity contribution in [2.45, 2.75) is 63.7 Å². The van der Waals surface area contributed by atoms with Gasteiger partial charge in [-0.15, -0.1) is 0 Å². The second-order valence-corrected chi connectivity index (χ2v) is 11.0. The van der Waals surface area contributed by atoms with E-state index in [0.717, 1.165) is 6.42 Å². The molecule has 2 aliphatic rings. The van der Waals surface area contributed by atoms with Gasteiger partial charge in [0.05, 0.1) is 0 Å². The van der Waals surface area contributed by atoms with E-state index in [1.807, 2.05) is 0 Å². The van der Waals surface area contributed by atoms with Gasteiger partial charge in [0.25, 0.3) is 0 Å². The van der Waals surface area contributed by atoms with E-state index in [1.54, 1.807) is 0 Å². The predicted octanol–water partition coefficient (Wildman–Crippen LogP) is 9.83. The zero-order valence-electron chi connectivity index (χ0n) is 21.8. The van der Waals surface area contributed by atoms with Gasteiger partial charge in [0, 0.05) is 17.3 Å². The van der Waals surface area contributed by atoms with Crippen LogP contribution in [0.1, 0.15) is 84.7 Å². The molecule has 0 bridgehead atoms. The number of aryl methyl sites for hydroxylation is 1. The van der Waals surface area contributed by atoms with Crippen molar-refractivity contribution in [1.82, 2.24) is 0 Å². The Morgan fingerprint density at radius 1 is 0.639 bits per heavy atom. The van der Waals surface area contributed by atoms with Crippen LogP contribution in [-0.2, 0) is 5.41 Å². The minimum absolute atomic E-state index is 0.0253. The summed E-state index contributed by atoms with van der Waals surface area (Å²) in [6.45, 7) is 7.08. The second kappa shape index (κ2) is 9.25. The van der Waals surface area contributed by atoms with Crippen LogP contribution in [0.15, 0.2) is 103 Å². The van der Waals surface area contributed by atoms with Crippen molar-refractivity contribution < 1.29 is 0 Å². The first-order valence-corrected chi connectivity index (χ1v) is 13.7. The van der Waals surface area contributed by atoms with E-state index in [-0.39, 0.29) is 5.41 Å². The average Bonchev–Trinajstić information content (AvgIpc) is 3.44. The lowest BCUT2D eigenvalue weighted by Gasteiger charge is -2.34. The number of hydrogen-bond acceptors (Lipinski definition) is 0. The maximum atomic E-state index is 2.64. The summed E-state index contributed by atoms with van der Waals surface area (Å²) in [4.78, 5) is 0. The van der Waals surface area contributed by atoms with E-state index in [1.165, 1.54) is 69.3 Å². The summed E-state index contributed by atoms with van der Waals surface area (Å²) in [5.74, 6) is 0.955. The summed E-state index contributed by atoms with van der Waals surface area (Å²) in [7, 11) is 0. The fourth-order valence-corrected chi connectivity index (χ4v) is 7.19. The van der Waals surface area contributed by atoms with E-state index < -0.39 is 0 Å². The van der Waals surface area contributed by atoms with Crippen molar-refractivity contribution in [2.75, 3.05) is 0 Å². The number of benzene rings is 4. The third-order valence-electron chi connectivity index (χ3n) is 8.83. The van der Waals surface area contributed by atoms with Crippen LogP contribution in [0.3, 0.4) is 0 Å². The molecule has 0 heteroatoms. The summed E-state index contributed by atoms with van der Waals surface area (Å²) in [6.07, 6.45) is 7.31. The quantitative estimate of drug-likeness (QED) is 0.253. The van der Waals surface area contributed by atoms with E-state index in [9.17, 15) is 0 Å². The highest BCUT2D eigenvalue weighted by Gasteiger charge is 2.38. The van der Waals surface area contributed by atoms with Gasteiger partial charge < -0.3 is 0 Å². The Kier molecular flexibility index (Phi) is 5.92. The van der Waals surface area contributed by atoms with Gasteiger partial charge in [-0.1, -0.05) is 123 Å². The lowest BCUT2D eigenvalue weighted by atomic mass is 9.69. The van der Waals surface area contributed by atoms with Gasteiger partial charge in [-0.25, -0.2) is 0 Å². The minimum atomic E-state index is 0.0253. The lowest BCUT2D eigenvalue weighted by molar-refractivity contribution is 0.544. The molecule has 2 unspecified atom stereocenters. The molecule has 0 aliphatic heterocycles. The molecule has 0 saturated carbocycles. The second-order valence-electron chi connectivity index (χ2n) is 11.0. The van der Waals surface area contributed by atoms with Gasteiger partial charge in [-0.2, -0.15) is 0 Å². The van der Waals surface area contributed by atoms with Crippen LogP contribution in [0, 0.1) is 6.92 Å². The molecule has 0 N–H and O–H groups in total. The van der Waals surface area contributed by atoms with E-state index >= 15 is 0 Å². The fourth-order valence-electron chi connectivity index (χ4n) is 7.19. The molecule has 4 aromatic carbocycles. The summed E-state index contributed by atoms with van der Waals surface area (Å²) in [5.41, 5.74) is 13.3. The highest BCUT2D eigenvalue weighted by atomic mass is 14.4. The molecule has 36 heavy (non-hydrogen) atoms. The van der Waals surface area contributed by atoms with Crippen LogP contribution < -0.4 is 0 Å². The maximum absolute atomic E-state index is 2.64. The molecule has 0 saturated heterocycles. The fraction of sp³-hybridized carbons (Fsp3) is 0.278. The Hall–Kier alpha value is -3.38. The van der Waals surface area contributed by atoms with Crippen LogP contribution >= 0.6 is 0 Å². The van der Waals surface area contributed by atoms with Crippen molar-refractivity contribution in [3.63, 3.8) is 0 Å². The molecular weight excluding hydrogens is 432 g/mol. The van der Waals surface area contributed by atoms with Gasteiger partial charge in [-0.3, -0.25) is 0 Å². The summed E-state index contributed by atoms with van der Waals surface area (Å²) in [6, 6.07) is 36.3. The molecule has 6 rings (SSSR count). The van der Waals surface area contributed by atoms with Crippen molar-refractivity contribution >= 4 is 5.57 Å². The summed E-state index contributed by atoms with van der Waals surface area (Å²) in [5, 5.41) is 0. The van der Waals surface area contributed by atoms with Crippen LogP contribution in [0.25, 0.3) is 16.7 Å². The third kappa shape index (κ3) is 3.66. The molecule has 0 fully saturated rings. The number of allylic oxidation sites excluding steroid dienone is 2. The Balaban J connectivity index is 1.37. The molecule has 0 amide bonds. The van der Waals surface area contributed by atoms with Gasteiger partial charge >= 0.3 is 0 Å². The Morgan fingerprint density at radius 2 is 1.19 bits per heavy atom. The smallest absolute Gasteiger partial charge is 0.0180 e. The summed E-state index contributed by atoms with van der Waals surface area (Å²) >= 11 is 0. The molecule has 0 spiro atoms. The Bertz CT molecular complexity index is 1390. The minimum Gasteiger partial charge on any atom is -0.0723 e. The van der Waals surface area contributed by atoms with Crippen LogP contribution in [0.4, 0.5) is 0 Å². The van der Waals surface area contributed by atoms with Gasteiger partial charge in [0.15, 0.2) is 0 Å². The van der Waals surface area contributed by atoms with Gasteiger partial charge in [0.2, 0.25) is 0 Å². The van der Waals surface area contributed by atoms with E-state index in [2.05, 4.69) is 124 Å². The first-order chi connectivity index (χ1) is 17.6. The molecule has 0 heterocycles. The van der Waals surface area contributed by atoms with Crippen molar-refractivity contribution in [3.05, 3.63) is 137 Å². The van der Waals surface area contributed by atoms with Gasteiger partial charge in [0.1, 0.15) is 0 Å². The largest absolute Gasteiger partial charge is 0.0723 e. The number of fused-ring (bicyclic) bond motifs is 4. The Morgan fingerprint density at radius 3 is 1.83 bits per heavy atom. The van der Waals surface area contributed by atoms with Crippen molar-refractivity contribution in [2.24, 2.45) is 0 Å². The predicted molar refractivity (Wildman–Crippen MR) is 154 cm³/mol. The third-order valence-corrected chi connectivity index (χ3v) is 8.83. The van der Waals surface area contributed by atoms with E-state index in [0.29, 0.717) is 11.8 Å². The zero-order valence-corrected chi connectivity index (χ0v) is 21.8. The van der Waals surface area contributed by atoms with Crippen LogP contribution in [0.5, 0.6) is 0 Å². The standard InChI is InChI=1S/C36H36/c1-4-23-36(3,34-20-12-5-13-25(34)2)35-24-26(27-14-6-11-19-33(27)35)21-22-32-30-17-9-7-15-28(30)29-16-8-10-18-31(29)32/h5-20,24,26,32H,4,21-23H2,1-3H3.